The van der Waals surface area contributed by atoms with Crippen molar-refractivity contribution in [3.8, 4) is 0 Å². The van der Waals surface area contributed by atoms with Gasteiger partial charge in [0.25, 0.3) is 5.78 Å². The molecule has 14 heavy (non-hydrogen) atoms. The number of hydrogen-bond acceptors (Lipinski definition) is 3. The van der Waals surface area contributed by atoms with Gasteiger partial charge in [0.15, 0.2) is 0 Å². The number of carbonyl (C=O) groups is 1. The van der Waals surface area contributed by atoms with Crippen molar-refractivity contribution in [2.45, 2.75) is 25.6 Å². The zero-order chi connectivity index (χ0) is 11.6. The van der Waals surface area contributed by atoms with Crippen LogP contribution in [-0.4, -0.2) is 29.8 Å². The highest BCUT2D eigenvalue weighted by molar-refractivity contribution is 5.94. The predicted octanol–water partition coefficient (Wildman–Crippen LogP) is 1.98. The maximum atomic E-state index is 11.8. The second-order valence-corrected chi connectivity index (χ2v) is 3.11. The fraction of sp³-hybridized carbons (Fsp3) is 0.625. The van der Waals surface area contributed by atoms with E-state index in [1.54, 1.807) is 0 Å². The molecule has 0 fully saturated rings. The van der Waals surface area contributed by atoms with Gasteiger partial charge in [-0.3, -0.25) is 4.79 Å². The molecular weight excluding hydrogens is 201 g/mol. The molecule has 0 amide bonds. The molecule has 0 radical (unpaired) electrons. The molecular formula is C8H11F3O3. The molecule has 0 aliphatic carbocycles. The third-order valence-electron chi connectivity index (χ3n) is 1.67. The first-order valence-corrected chi connectivity index (χ1v) is 3.68. The molecule has 0 bridgehead atoms. The van der Waals surface area contributed by atoms with Crippen LogP contribution in [0.1, 0.15) is 13.8 Å². The van der Waals surface area contributed by atoms with Crippen LogP contribution in [-0.2, 0) is 9.53 Å². The minimum Gasteiger partial charge on any atom is -0.509 e. The van der Waals surface area contributed by atoms with Crippen LogP contribution in [0.4, 0.5) is 13.2 Å². The molecule has 0 saturated carbocycles. The van der Waals surface area contributed by atoms with E-state index in [1.165, 1.54) is 21.0 Å². The first kappa shape index (κ1) is 13.0. The van der Waals surface area contributed by atoms with Gasteiger partial charge < -0.3 is 9.84 Å². The van der Waals surface area contributed by atoms with Crippen molar-refractivity contribution in [1.29, 1.82) is 0 Å². The maximum Gasteiger partial charge on any atom is 0.454 e. The zero-order valence-electron chi connectivity index (χ0n) is 7.97. The lowest BCUT2D eigenvalue weighted by atomic mass is 10.1. The van der Waals surface area contributed by atoms with Gasteiger partial charge in [-0.2, -0.15) is 13.2 Å². The van der Waals surface area contributed by atoms with Crippen LogP contribution in [0.5, 0.6) is 0 Å². The van der Waals surface area contributed by atoms with Crippen molar-refractivity contribution < 1.29 is 27.8 Å². The molecule has 0 aromatic carbocycles. The minimum atomic E-state index is -4.97. The largest absolute Gasteiger partial charge is 0.509 e. The molecule has 0 heterocycles. The Bertz CT molecular complexity index is 253. The first-order chi connectivity index (χ1) is 6.11. The summed E-state index contributed by atoms with van der Waals surface area (Å²) in [6, 6.07) is 0. The lowest BCUT2D eigenvalue weighted by Gasteiger charge is -2.21. The highest BCUT2D eigenvalue weighted by atomic mass is 19.4. The van der Waals surface area contributed by atoms with E-state index >= 15 is 0 Å². The number of aliphatic hydroxyl groups is 1. The molecule has 0 aromatic heterocycles. The maximum absolute atomic E-state index is 11.8. The van der Waals surface area contributed by atoms with Crippen LogP contribution in [0.15, 0.2) is 11.8 Å². The SMILES string of the molecule is COC(C)(C)C(O)=CC(=O)C(F)(F)F. The van der Waals surface area contributed by atoms with Gasteiger partial charge in [-0.25, -0.2) is 0 Å². The second kappa shape index (κ2) is 4.00. The summed E-state index contributed by atoms with van der Waals surface area (Å²) in [6.07, 6.45) is -4.86. The Labute approximate surface area is 79.2 Å². The van der Waals surface area contributed by atoms with E-state index < -0.39 is 23.3 Å². The highest BCUT2D eigenvalue weighted by Crippen LogP contribution is 2.21. The van der Waals surface area contributed by atoms with Crippen molar-refractivity contribution in [1.82, 2.24) is 0 Å². The molecule has 0 spiro atoms. The van der Waals surface area contributed by atoms with Crippen molar-refractivity contribution >= 4 is 5.78 Å². The summed E-state index contributed by atoms with van der Waals surface area (Å²) in [5.41, 5.74) is -1.30. The van der Waals surface area contributed by atoms with Gasteiger partial charge in [0, 0.05) is 13.2 Å². The van der Waals surface area contributed by atoms with Gasteiger partial charge >= 0.3 is 6.18 Å². The van der Waals surface area contributed by atoms with Crippen LogP contribution in [0.3, 0.4) is 0 Å². The molecule has 1 N–H and O–H groups in total. The zero-order valence-corrected chi connectivity index (χ0v) is 7.97. The lowest BCUT2D eigenvalue weighted by Crippen LogP contribution is -2.28. The average molecular weight is 212 g/mol. The molecule has 0 atom stereocenters. The normalized spacial score (nSPS) is 14.3. The Morgan fingerprint density at radius 2 is 1.79 bits per heavy atom. The van der Waals surface area contributed by atoms with Crippen LogP contribution in [0, 0.1) is 0 Å². The summed E-state index contributed by atoms with van der Waals surface area (Å²) in [6.45, 7) is 2.67. The second-order valence-electron chi connectivity index (χ2n) is 3.11. The molecule has 82 valence electrons. The quantitative estimate of drug-likeness (QED) is 0.574. The Kier molecular flexibility index (Phi) is 3.70. The van der Waals surface area contributed by atoms with Crippen LogP contribution >= 0.6 is 0 Å². The number of aliphatic hydroxyl groups excluding tert-OH is 1. The van der Waals surface area contributed by atoms with Crippen molar-refractivity contribution in [3.63, 3.8) is 0 Å². The molecule has 0 aliphatic heterocycles. The van der Waals surface area contributed by atoms with Crippen molar-refractivity contribution in [3.05, 3.63) is 11.8 Å². The standard InChI is InChI=1S/C8H11F3O3/c1-7(2,14-3)5(12)4-6(13)8(9,10)11/h4,12H,1-3H3. The van der Waals surface area contributed by atoms with Gasteiger partial charge in [-0.15, -0.1) is 0 Å². The predicted molar refractivity (Wildman–Crippen MR) is 42.9 cm³/mol. The van der Waals surface area contributed by atoms with E-state index in [-0.39, 0.29) is 6.08 Å². The molecule has 0 aliphatic rings. The summed E-state index contributed by atoms with van der Waals surface area (Å²) in [7, 11) is 1.21. The van der Waals surface area contributed by atoms with E-state index in [0.29, 0.717) is 0 Å². The summed E-state index contributed by atoms with van der Waals surface area (Å²) in [5.74, 6) is -2.87. The third kappa shape index (κ3) is 3.37. The fourth-order valence-electron chi connectivity index (χ4n) is 0.484. The van der Waals surface area contributed by atoms with E-state index in [0.717, 1.165) is 0 Å². The van der Waals surface area contributed by atoms with E-state index in [9.17, 15) is 18.0 Å². The van der Waals surface area contributed by atoms with E-state index in [4.69, 9.17) is 5.11 Å². The smallest absolute Gasteiger partial charge is 0.454 e. The van der Waals surface area contributed by atoms with Crippen LogP contribution in [0.2, 0.25) is 0 Å². The topological polar surface area (TPSA) is 46.5 Å². The molecule has 3 nitrogen and oxygen atoms in total. The highest BCUT2D eigenvalue weighted by Gasteiger charge is 2.38. The Balaban J connectivity index is 4.79. The average Bonchev–Trinajstić information content (AvgIpc) is 2.02. The number of halogens is 3. The van der Waals surface area contributed by atoms with E-state index in [2.05, 4.69) is 4.74 Å². The number of ketones is 1. The first-order valence-electron chi connectivity index (χ1n) is 3.68. The summed E-state index contributed by atoms with van der Waals surface area (Å²) >= 11 is 0. The number of carbonyl (C=O) groups excluding carboxylic acids is 1. The number of alkyl halides is 3. The van der Waals surface area contributed by atoms with Gasteiger partial charge in [-0.05, 0) is 13.8 Å². The molecule has 0 aromatic rings. The number of rotatable bonds is 3. The van der Waals surface area contributed by atoms with Gasteiger partial charge in [0.1, 0.15) is 11.4 Å². The van der Waals surface area contributed by atoms with Crippen molar-refractivity contribution in [2.75, 3.05) is 7.11 Å². The van der Waals surface area contributed by atoms with Gasteiger partial charge in [-0.1, -0.05) is 0 Å². The number of ether oxygens (including phenoxy) is 1. The van der Waals surface area contributed by atoms with Crippen LogP contribution < -0.4 is 0 Å². The fourth-order valence-corrected chi connectivity index (χ4v) is 0.484. The Hall–Kier alpha value is -1.04. The summed E-state index contributed by atoms with van der Waals surface area (Å²) in [4.78, 5) is 10.4. The minimum absolute atomic E-state index is 0.115. The monoisotopic (exact) mass is 212 g/mol. The summed E-state index contributed by atoms with van der Waals surface area (Å²) in [5, 5.41) is 9.13. The van der Waals surface area contributed by atoms with Gasteiger partial charge in [0.2, 0.25) is 0 Å². The number of methoxy groups -OCH3 is 1. The van der Waals surface area contributed by atoms with Gasteiger partial charge in [0.05, 0.1) is 0 Å². The molecule has 0 rings (SSSR count). The molecule has 6 heteroatoms. The van der Waals surface area contributed by atoms with Crippen molar-refractivity contribution in [2.24, 2.45) is 0 Å². The number of allylic oxidation sites excluding steroid dienone is 1. The summed E-state index contributed by atoms with van der Waals surface area (Å²) < 4.78 is 39.9. The third-order valence-corrected chi connectivity index (χ3v) is 1.67. The van der Waals surface area contributed by atoms with Crippen LogP contribution in [0.25, 0.3) is 0 Å². The number of hydrogen-bond donors (Lipinski definition) is 1. The molecule has 0 saturated heterocycles. The lowest BCUT2D eigenvalue weighted by molar-refractivity contribution is -0.165. The molecule has 0 unspecified atom stereocenters. The Morgan fingerprint density at radius 3 is 2.07 bits per heavy atom. The van der Waals surface area contributed by atoms with E-state index in [1.807, 2.05) is 0 Å². The Morgan fingerprint density at radius 1 is 1.36 bits per heavy atom.